The number of nitrogens with zero attached hydrogens (tertiary/aromatic N) is 1. The van der Waals surface area contributed by atoms with Gasteiger partial charge in [0.25, 0.3) is 5.91 Å². The molecule has 0 saturated carbocycles. The molecular formula is C23H27N5O4. The molecule has 1 aromatic carbocycles. The second-order valence-electron chi connectivity index (χ2n) is 8.40. The second kappa shape index (κ2) is 8.88. The van der Waals surface area contributed by atoms with E-state index in [2.05, 4.69) is 20.5 Å². The normalized spacial score (nSPS) is 17.0. The molecule has 0 bridgehead atoms. The van der Waals surface area contributed by atoms with Gasteiger partial charge in [-0.05, 0) is 32.1 Å². The number of carbonyl (C=O) groups excluding carboxylic acids is 1. The molecule has 3 heterocycles. The lowest BCUT2D eigenvalue weighted by atomic mass is 10.0. The summed E-state index contributed by atoms with van der Waals surface area (Å²) in [5, 5.41) is 13.9. The molecule has 0 aliphatic carbocycles. The molecule has 0 atom stereocenters. The Bertz CT molecular complexity index is 1100. The Morgan fingerprint density at radius 3 is 2.75 bits per heavy atom. The number of aromatic amines is 1. The first-order valence-corrected chi connectivity index (χ1v) is 10.5. The van der Waals surface area contributed by atoms with E-state index in [1.165, 1.54) is 24.5 Å². The molecule has 0 radical (unpaired) electrons. The summed E-state index contributed by atoms with van der Waals surface area (Å²) >= 11 is 0. The van der Waals surface area contributed by atoms with Gasteiger partial charge in [0.05, 0.1) is 30.3 Å². The number of rotatable bonds is 6. The van der Waals surface area contributed by atoms with Crippen LogP contribution in [0.4, 0.5) is 17.1 Å². The zero-order valence-corrected chi connectivity index (χ0v) is 18.2. The number of ether oxygens (including phenoxy) is 2. The molecule has 9 nitrogen and oxygen atoms in total. The summed E-state index contributed by atoms with van der Waals surface area (Å²) in [5.74, 6) is 0.312. The molecule has 4 rings (SSSR count). The largest absolute Gasteiger partial charge is 0.487 e. The predicted octanol–water partition coefficient (Wildman–Crippen LogP) is 2.51. The summed E-state index contributed by atoms with van der Waals surface area (Å²) in [4.78, 5) is 28.5. The Hall–Kier alpha value is -3.59. The molecule has 168 valence electrons. The minimum absolute atomic E-state index is 0.202. The summed E-state index contributed by atoms with van der Waals surface area (Å²) in [6, 6.07) is 6.92. The molecule has 1 aromatic heterocycles. The average molecular weight is 438 g/mol. The van der Waals surface area contributed by atoms with Crippen LogP contribution in [-0.4, -0.2) is 48.5 Å². The van der Waals surface area contributed by atoms with Crippen LogP contribution in [0.15, 0.2) is 47.5 Å². The van der Waals surface area contributed by atoms with Crippen LogP contribution in [0.5, 0.6) is 5.75 Å². The van der Waals surface area contributed by atoms with Gasteiger partial charge in [-0.2, -0.15) is 0 Å². The van der Waals surface area contributed by atoms with Crippen molar-refractivity contribution in [1.82, 2.24) is 4.98 Å². The highest BCUT2D eigenvalue weighted by atomic mass is 16.5. The third kappa shape index (κ3) is 5.00. The van der Waals surface area contributed by atoms with Crippen molar-refractivity contribution in [3.63, 3.8) is 0 Å². The zero-order chi connectivity index (χ0) is 22.7. The summed E-state index contributed by atoms with van der Waals surface area (Å²) in [6.45, 7) is 6.74. The Labute approximate surface area is 185 Å². The minimum Gasteiger partial charge on any atom is -0.487 e. The van der Waals surface area contributed by atoms with Gasteiger partial charge < -0.3 is 30.0 Å². The van der Waals surface area contributed by atoms with Crippen LogP contribution in [0.25, 0.3) is 0 Å². The third-order valence-corrected chi connectivity index (χ3v) is 5.31. The maximum atomic E-state index is 12.7. The molecule has 0 unspecified atom stereocenters. The fourth-order valence-electron chi connectivity index (χ4n) is 3.79. The molecule has 9 heteroatoms. The van der Waals surface area contributed by atoms with Crippen LogP contribution in [0, 0.1) is 5.41 Å². The van der Waals surface area contributed by atoms with Crippen molar-refractivity contribution >= 4 is 28.7 Å². The van der Waals surface area contributed by atoms with Gasteiger partial charge in [-0.25, -0.2) is 0 Å². The number of hydrogen-bond acceptors (Lipinski definition) is 7. The van der Waals surface area contributed by atoms with E-state index in [1.54, 1.807) is 6.07 Å². The zero-order valence-electron chi connectivity index (χ0n) is 18.2. The van der Waals surface area contributed by atoms with Gasteiger partial charge in [-0.1, -0.05) is 0 Å². The maximum Gasteiger partial charge on any atom is 0.273 e. The number of anilines is 3. The molecule has 1 amide bonds. The van der Waals surface area contributed by atoms with Gasteiger partial charge in [-0.3, -0.25) is 15.0 Å². The van der Waals surface area contributed by atoms with Crippen molar-refractivity contribution in [1.29, 1.82) is 5.41 Å². The Morgan fingerprint density at radius 1 is 1.25 bits per heavy atom. The molecule has 4 N–H and O–H groups in total. The van der Waals surface area contributed by atoms with E-state index in [4.69, 9.17) is 14.9 Å². The van der Waals surface area contributed by atoms with E-state index < -0.39 is 5.91 Å². The summed E-state index contributed by atoms with van der Waals surface area (Å²) in [6.07, 6.45) is 5.11. The number of aromatic nitrogens is 1. The van der Waals surface area contributed by atoms with Crippen molar-refractivity contribution in [2.24, 2.45) is 0 Å². The number of nitrogens with one attached hydrogen (secondary N) is 4. The molecule has 1 saturated heterocycles. The fraction of sp³-hybridized carbons (Fsp3) is 0.348. The highest BCUT2D eigenvalue weighted by Gasteiger charge is 2.32. The Kier molecular flexibility index (Phi) is 6.00. The van der Waals surface area contributed by atoms with Crippen LogP contribution < -0.4 is 25.8 Å². The number of H-pyrrole nitrogens is 1. The molecule has 32 heavy (non-hydrogen) atoms. The minimum atomic E-state index is -0.517. The number of benzene rings is 1. The van der Waals surface area contributed by atoms with Gasteiger partial charge in [-0.15, -0.1) is 0 Å². The van der Waals surface area contributed by atoms with Crippen LogP contribution in [0.1, 0.15) is 19.4 Å². The van der Waals surface area contributed by atoms with Gasteiger partial charge in [0.1, 0.15) is 17.1 Å². The summed E-state index contributed by atoms with van der Waals surface area (Å²) in [5.41, 5.74) is 2.49. The van der Waals surface area contributed by atoms with Crippen LogP contribution in [0.3, 0.4) is 0 Å². The number of pyridine rings is 1. The van der Waals surface area contributed by atoms with E-state index in [0.717, 1.165) is 23.4 Å². The first-order valence-electron chi connectivity index (χ1n) is 10.5. The highest BCUT2D eigenvalue weighted by Crippen LogP contribution is 2.41. The first kappa shape index (κ1) is 21.6. The van der Waals surface area contributed by atoms with Crippen LogP contribution in [-0.2, 0) is 16.0 Å². The summed E-state index contributed by atoms with van der Waals surface area (Å²) < 4.78 is 11.5. The monoisotopic (exact) mass is 437 g/mol. The van der Waals surface area contributed by atoms with Crippen molar-refractivity contribution in [3.8, 4) is 5.75 Å². The Balaban J connectivity index is 1.50. The molecule has 0 spiro atoms. The second-order valence-corrected chi connectivity index (χ2v) is 8.40. The lowest BCUT2D eigenvalue weighted by Gasteiger charge is -2.31. The summed E-state index contributed by atoms with van der Waals surface area (Å²) in [7, 11) is 0. The van der Waals surface area contributed by atoms with Crippen LogP contribution >= 0.6 is 0 Å². The third-order valence-electron chi connectivity index (χ3n) is 5.31. The standard InChI is InChI=1S/C23H27N5O4/c1-23(2)13-15-11-18(19(12-20(15)32-23)28-7-9-31-10-8-28)27-22(30)17(24)5-6-25-16-3-4-21(29)26-14-16/h3-6,11-12,14,24-25H,7-10,13H2,1-2H3,(H,26,29)(H,27,30)/b6-5-,24-17?. The van der Waals surface area contributed by atoms with Crippen molar-refractivity contribution < 1.29 is 14.3 Å². The number of fused-ring (bicyclic) bond motifs is 1. The van der Waals surface area contributed by atoms with Gasteiger partial charge in [0, 0.05) is 49.6 Å². The van der Waals surface area contributed by atoms with Gasteiger partial charge in [0.15, 0.2) is 0 Å². The molecular weight excluding hydrogens is 410 g/mol. The van der Waals surface area contributed by atoms with Crippen molar-refractivity contribution in [2.75, 3.05) is 41.8 Å². The smallest absolute Gasteiger partial charge is 0.273 e. The lowest BCUT2D eigenvalue weighted by Crippen LogP contribution is -2.37. The van der Waals surface area contributed by atoms with Crippen molar-refractivity contribution in [2.45, 2.75) is 25.9 Å². The maximum absolute atomic E-state index is 12.7. The van der Waals surface area contributed by atoms with Gasteiger partial charge >= 0.3 is 0 Å². The molecule has 2 aliphatic rings. The predicted molar refractivity (Wildman–Crippen MR) is 124 cm³/mol. The SMILES string of the molecule is CC1(C)Cc2cc(NC(=O)C(=N)/C=C\Nc3ccc(=O)[nH]c3)c(N3CCOCC3)cc2O1. The lowest BCUT2D eigenvalue weighted by molar-refractivity contribution is -0.110. The Morgan fingerprint density at radius 2 is 2.03 bits per heavy atom. The number of hydrogen-bond donors (Lipinski definition) is 4. The van der Waals surface area contributed by atoms with E-state index >= 15 is 0 Å². The first-order chi connectivity index (χ1) is 15.3. The topological polar surface area (TPSA) is 120 Å². The number of morpholine rings is 1. The van der Waals surface area contributed by atoms with E-state index in [1.807, 2.05) is 26.0 Å². The average Bonchev–Trinajstić information content (AvgIpc) is 3.07. The van der Waals surface area contributed by atoms with E-state index in [0.29, 0.717) is 37.7 Å². The molecule has 1 fully saturated rings. The molecule has 2 aromatic rings. The van der Waals surface area contributed by atoms with E-state index in [9.17, 15) is 9.59 Å². The van der Waals surface area contributed by atoms with Crippen molar-refractivity contribution in [3.05, 3.63) is 58.7 Å². The molecule has 2 aliphatic heterocycles. The fourth-order valence-corrected chi connectivity index (χ4v) is 3.79. The quantitative estimate of drug-likeness (QED) is 0.516. The number of amides is 1. The van der Waals surface area contributed by atoms with Crippen LogP contribution in [0.2, 0.25) is 0 Å². The number of carbonyl (C=O) groups is 1. The highest BCUT2D eigenvalue weighted by molar-refractivity contribution is 6.46. The van der Waals surface area contributed by atoms with Gasteiger partial charge in [0.2, 0.25) is 5.56 Å². The van der Waals surface area contributed by atoms with E-state index in [-0.39, 0.29) is 16.9 Å².